The molecular formula is C16H27N5. The summed E-state index contributed by atoms with van der Waals surface area (Å²) in [5, 5.41) is 13.8. The van der Waals surface area contributed by atoms with Crippen LogP contribution in [0.2, 0.25) is 0 Å². The second-order valence-electron chi connectivity index (χ2n) is 5.91. The lowest BCUT2D eigenvalue weighted by Gasteiger charge is -2.36. The van der Waals surface area contributed by atoms with Gasteiger partial charge in [-0.15, -0.1) is 0 Å². The van der Waals surface area contributed by atoms with Crippen molar-refractivity contribution < 1.29 is 0 Å². The number of rotatable bonds is 6. The largest absolute Gasteiger partial charge is 0.295 e. The highest BCUT2D eigenvalue weighted by molar-refractivity contribution is 5.00. The maximum absolute atomic E-state index is 9.14. The zero-order valence-electron chi connectivity index (χ0n) is 13.5. The summed E-state index contributed by atoms with van der Waals surface area (Å²) in [4.78, 5) is 4.73. The van der Waals surface area contributed by atoms with E-state index in [1.807, 2.05) is 0 Å². The van der Waals surface area contributed by atoms with Crippen LogP contribution < -0.4 is 0 Å². The molecule has 5 heteroatoms. The van der Waals surface area contributed by atoms with Gasteiger partial charge in [-0.1, -0.05) is 13.8 Å². The molecule has 2 atom stereocenters. The minimum Gasteiger partial charge on any atom is -0.295 e. The minimum atomic E-state index is 0.0803. The Morgan fingerprint density at radius 2 is 1.95 bits per heavy atom. The second-order valence-corrected chi connectivity index (χ2v) is 5.91. The van der Waals surface area contributed by atoms with Crippen molar-refractivity contribution in [3.63, 3.8) is 0 Å². The molecule has 0 N–H and O–H groups in total. The fourth-order valence-corrected chi connectivity index (χ4v) is 2.79. The Morgan fingerprint density at radius 1 is 1.24 bits per heavy atom. The van der Waals surface area contributed by atoms with Crippen molar-refractivity contribution in [3.8, 4) is 6.07 Å². The van der Waals surface area contributed by atoms with Gasteiger partial charge in [0.1, 0.15) is 0 Å². The van der Waals surface area contributed by atoms with Gasteiger partial charge in [-0.3, -0.25) is 14.5 Å². The predicted molar refractivity (Wildman–Crippen MR) is 83.8 cm³/mol. The highest BCUT2D eigenvalue weighted by Gasteiger charge is 2.22. The fraction of sp³-hybridized carbons (Fsp3) is 0.750. The van der Waals surface area contributed by atoms with Gasteiger partial charge in [-0.05, 0) is 25.8 Å². The lowest BCUT2D eigenvalue weighted by Crippen LogP contribution is -2.49. The van der Waals surface area contributed by atoms with Crippen LogP contribution in [0.4, 0.5) is 0 Å². The third-order valence-electron chi connectivity index (χ3n) is 4.47. The van der Waals surface area contributed by atoms with Crippen LogP contribution in [0.25, 0.3) is 0 Å². The lowest BCUT2D eigenvalue weighted by molar-refractivity contribution is 0.107. The van der Waals surface area contributed by atoms with Gasteiger partial charge in [0.25, 0.3) is 0 Å². The van der Waals surface area contributed by atoms with Gasteiger partial charge in [-0.25, -0.2) is 0 Å². The summed E-state index contributed by atoms with van der Waals surface area (Å²) < 4.78 is 2.06. The van der Waals surface area contributed by atoms with Crippen LogP contribution in [0.5, 0.6) is 0 Å². The SMILES string of the molecule is CCC(C#N)N1CCN(Cc2ccn(C(C)CC)n2)CC1. The maximum Gasteiger partial charge on any atom is 0.0976 e. The summed E-state index contributed by atoms with van der Waals surface area (Å²) in [6.07, 6.45) is 4.10. The number of piperazine rings is 1. The molecule has 2 rings (SSSR count). The van der Waals surface area contributed by atoms with E-state index in [-0.39, 0.29) is 6.04 Å². The summed E-state index contributed by atoms with van der Waals surface area (Å²) >= 11 is 0. The fourth-order valence-electron chi connectivity index (χ4n) is 2.79. The normalized spacial score (nSPS) is 20.1. The van der Waals surface area contributed by atoms with Gasteiger partial charge < -0.3 is 0 Å². The van der Waals surface area contributed by atoms with Crippen molar-refractivity contribution in [1.82, 2.24) is 19.6 Å². The summed E-state index contributed by atoms with van der Waals surface area (Å²) in [6, 6.07) is 5.08. The monoisotopic (exact) mass is 289 g/mol. The van der Waals surface area contributed by atoms with Crippen molar-refractivity contribution in [2.24, 2.45) is 0 Å². The number of nitriles is 1. The van der Waals surface area contributed by atoms with E-state index < -0.39 is 0 Å². The molecule has 2 heterocycles. The molecule has 2 unspecified atom stereocenters. The van der Waals surface area contributed by atoms with Crippen LogP contribution >= 0.6 is 0 Å². The number of aromatic nitrogens is 2. The summed E-state index contributed by atoms with van der Waals surface area (Å²) in [6.45, 7) is 11.4. The first-order valence-electron chi connectivity index (χ1n) is 8.08. The van der Waals surface area contributed by atoms with Crippen molar-refractivity contribution >= 4 is 0 Å². The van der Waals surface area contributed by atoms with Gasteiger partial charge >= 0.3 is 0 Å². The molecule has 0 aliphatic carbocycles. The molecule has 1 saturated heterocycles. The van der Waals surface area contributed by atoms with Crippen LogP contribution in [0.3, 0.4) is 0 Å². The molecule has 1 aromatic heterocycles. The first-order valence-corrected chi connectivity index (χ1v) is 8.08. The Morgan fingerprint density at radius 3 is 2.52 bits per heavy atom. The molecule has 1 aliphatic heterocycles. The van der Waals surface area contributed by atoms with Crippen LogP contribution in [0.1, 0.15) is 45.3 Å². The quantitative estimate of drug-likeness (QED) is 0.806. The Hall–Kier alpha value is -1.38. The first kappa shape index (κ1) is 16.0. The summed E-state index contributed by atoms with van der Waals surface area (Å²) in [5.41, 5.74) is 1.15. The number of hydrogen-bond donors (Lipinski definition) is 0. The van der Waals surface area contributed by atoms with E-state index in [4.69, 9.17) is 5.26 Å². The smallest absolute Gasteiger partial charge is 0.0976 e. The van der Waals surface area contributed by atoms with E-state index in [0.29, 0.717) is 6.04 Å². The molecule has 0 aromatic carbocycles. The molecule has 0 bridgehead atoms. The van der Waals surface area contributed by atoms with Crippen molar-refractivity contribution in [3.05, 3.63) is 18.0 Å². The summed E-state index contributed by atoms with van der Waals surface area (Å²) in [7, 11) is 0. The zero-order valence-corrected chi connectivity index (χ0v) is 13.5. The third kappa shape index (κ3) is 4.05. The van der Waals surface area contributed by atoms with E-state index >= 15 is 0 Å². The van der Waals surface area contributed by atoms with Crippen molar-refractivity contribution in [1.29, 1.82) is 5.26 Å². The molecule has 0 radical (unpaired) electrons. The zero-order chi connectivity index (χ0) is 15.2. The van der Waals surface area contributed by atoms with Crippen LogP contribution in [-0.4, -0.2) is 51.8 Å². The van der Waals surface area contributed by atoms with Crippen LogP contribution in [0, 0.1) is 11.3 Å². The topological polar surface area (TPSA) is 48.1 Å². The van der Waals surface area contributed by atoms with Gasteiger partial charge in [0, 0.05) is 45.0 Å². The standard InChI is InChI=1S/C16H27N5/c1-4-14(3)21-7-6-15(18-21)13-19-8-10-20(11-9-19)16(5-2)12-17/h6-7,14,16H,4-5,8-11,13H2,1-3H3. The van der Waals surface area contributed by atoms with Crippen molar-refractivity contribution in [2.45, 2.75) is 52.2 Å². The molecule has 1 fully saturated rings. The Bertz CT molecular complexity index is 467. The summed E-state index contributed by atoms with van der Waals surface area (Å²) in [5.74, 6) is 0. The molecule has 21 heavy (non-hydrogen) atoms. The van der Waals surface area contributed by atoms with E-state index in [0.717, 1.165) is 51.3 Å². The predicted octanol–water partition coefficient (Wildman–Crippen LogP) is 2.27. The van der Waals surface area contributed by atoms with Gasteiger partial charge in [0.2, 0.25) is 0 Å². The van der Waals surface area contributed by atoms with E-state index in [9.17, 15) is 0 Å². The van der Waals surface area contributed by atoms with E-state index in [2.05, 4.69) is 58.7 Å². The minimum absolute atomic E-state index is 0.0803. The Labute approximate surface area is 128 Å². The van der Waals surface area contributed by atoms with Crippen LogP contribution in [-0.2, 0) is 6.54 Å². The molecule has 1 aromatic rings. The number of hydrogen-bond acceptors (Lipinski definition) is 4. The first-order chi connectivity index (χ1) is 10.2. The highest BCUT2D eigenvalue weighted by atomic mass is 15.3. The van der Waals surface area contributed by atoms with E-state index in [1.165, 1.54) is 0 Å². The lowest BCUT2D eigenvalue weighted by atomic mass is 10.2. The molecule has 0 amide bonds. The Balaban J connectivity index is 1.83. The molecule has 0 saturated carbocycles. The van der Waals surface area contributed by atoms with Gasteiger partial charge in [-0.2, -0.15) is 10.4 Å². The average molecular weight is 289 g/mol. The molecular weight excluding hydrogens is 262 g/mol. The third-order valence-corrected chi connectivity index (χ3v) is 4.47. The van der Waals surface area contributed by atoms with E-state index in [1.54, 1.807) is 0 Å². The number of nitrogens with zero attached hydrogens (tertiary/aromatic N) is 5. The van der Waals surface area contributed by atoms with Gasteiger partial charge in [0.05, 0.1) is 17.8 Å². The van der Waals surface area contributed by atoms with Crippen molar-refractivity contribution in [2.75, 3.05) is 26.2 Å². The Kier molecular flexibility index (Phi) is 5.77. The second kappa shape index (κ2) is 7.58. The molecule has 116 valence electrons. The van der Waals surface area contributed by atoms with Gasteiger partial charge in [0.15, 0.2) is 0 Å². The van der Waals surface area contributed by atoms with Crippen LogP contribution in [0.15, 0.2) is 12.3 Å². The average Bonchev–Trinajstić information content (AvgIpc) is 2.98. The molecule has 1 aliphatic rings. The molecule has 0 spiro atoms. The highest BCUT2D eigenvalue weighted by Crippen LogP contribution is 2.13. The maximum atomic E-state index is 9.14. The molecule has 5 nitrogen and oxygen atoms in total.